The number of amides is 1. The van der Waals surface area contributed by atoms with Gasteiger partial charge in [-0.25, -0.2) is 23.6 Å². The van der Waals surface area contributed by atoms with Crippen LogP contribution in [0.25, 0.3) is 11.3 Å². The second-order valence-corrected chi connectivity index (χ2v) is 8.76. The van der Waals surface area contributed by atoms with Gasteiger partial charge in [-0.05, 0) is 49.9 Å². The Morgan fingerprint density at radius 2 is 1.86 bits per heavy atom. The van der Waals surface area contributed by atoms with Gasteiger partial charge in [0.1, 0.15) is 10.8 Å². The molecular weight excluding hydrogens is 496 g/mol. The minimum atomic E-state index is -4.66. The fraction of sp³-hybridized carbons (Fsp3) is 0.292. The van der Waals surface area contributed by atoms with E-state index in [0.29, 0.717) is 6.42 Å². The Morgan fingerprint density at radius 1 is 1.14 bits per heavy atom. The summed E-state index contributed by atoms with van der Waals surface area (Å²) < 4.78 is 54.4. The zero-order valence-electron chi connectivity index (χ0n) is 19.1. The van der Waals surface area contributed by atoms with Gasteiger partial charge in [-0.1, -0.05) is 6.07 Å². The second-order valence-electron chi connectivity index (χ2n) is 7.73. The quantitative estimate of drug-likeness (QED) is 0.292. The third-order valence-corrected chi connectivity index (χ3v) is 6.58. The molecule has 36 heavy (non-hydrogen) atoms. The normalized spacial score (nSPS) is 17.8. The molecule has 0 saturated carbocycles. The molecule has 1 fully saturated rings. The summed E-state index contributed by atoms with van der Waals surface area (Å²) in [6.07, 6.45) is 9.42. The van der Waals surface area contributed by atoms with Crippen LogP contribution in [0.15, 0.2) is 54.1 Å². The van der Waals surface area contributed by atoms with Gasteiger partial charge in [-0.15, -0.1) is 12.8 Å². The van der Waals surface area contributed by atoms with Gasteiger partial charge in [0.2, 0.25) is 11.7 Å². The van der Waals surface area contributed by atoms with Gasteiger partial charge in [0.05, 0.1) is 17.9 Å². The number of nitrogens with one attached hydrogen (secondary N) is 1. The van der Waals surface area contributed by atoms with Gasteiger partial charge in [-0.3, -0.25) is 9.78 Å². The number of carbonyl (C=O) groups is 1. The molecule has 0 spiro atoms. The van der Waals surface area contributed by atoms with Gasteiger partial charge in [-0.2, -0.15) is 13.2 Å². The third-order valence-electron chi connectivity index (χ3n) is 5.33. The van der Waals surface area contributed by atoms with Crippen LogP contribution in [0.1, 0.15) is 31.2 Å². The molecule has 1 aliphatic rings. The van der Waals surface area contributed by atoms with Crippen LogP contribution in [0.4, 0.5) is 17.6 Å². The topological polar surface area (TPSA) is 83.9 Å². The number of terminal acetylenes is 1. The zero-order valence-corrected chi connectivity index (χ0v) is 19.9. The van der Waals surface area contributed by atoms with Gasteiger partial charge < -0.3 is 5.32 Å². The molecule has 0 aliphatic carbocycles. The summed E-state index contributed by atoms with van der Waals surface area (Å²) in [7, 11) is 0. The SMILES string of the molecule is C#C.C[C@H]1CC[C@@H](C(=O)NCc2cc(-c3cnc(C(F)(F)F)nc3)ncc2F)N1Sc1ccccn1. The summed E-state index contributed by atoms with van der Waals surface area (Å²) in [5, 5.41) is 3.54. The third kappa shape index (κ3) is 6.56. The van der Waals surface area contributed by atoms with Crippen molar-refractivity contribution in [3.05, 3.63) is 66.3 Å². The minimum absolute atomic E-state index is 0.103. The number of hydrogen-bond donors (Lipinski definition) is 1. The van der Waals surface area contributed by atoms with E-state index in [4.69, 9.17) is 0 Å². The lowest BCUT2D eigenvalue weighted by molar-refractivity contribution is -0.145. The van der Waals surface area contributed by atoms with E-state index in [1.54, 1.807) is 6.20 Å². The van der Waals surface area contributed by atoms with Crippen molar-refractivity contribution in [2.75, 3.05) is 0 Å². The molecule has 0 unspecified atom stereocenters. The van der Waals surface area contributed by atoms with Crippen molar-refractivity contribution in [1.82, 2.24) is 29.6 Å². The fourth-order valence-corrected chi connectivity index (χ4v) is 4.63. The highest BCUT2D eigenvalue weighted by Crippen LogP contribution is 2.34. The van der Waals surface area contributed by atoms with Gasteiger partial charge in [0, 0.05) is 42.3 Å². The van der Waals surface area contributed by atoms with E-state index < -0.39 is 23.9 Å². The van der Waals surface area contributed by atoms with E-state index in [1.165, 1.54) is 18.0 Å². The molecule has 1 saturated heterocycles. The Morgan fingerprint density at radius 3 is 2.50 bits per heavy atom. The zero-order chi connectivity index (χ0) is 26.3. The first-order chi connectivity index (χ1) is 17.2. The average molecular weight is 519 g/mol. The van der Waals surface area contributed by atoms with Crippen molar-refractivity contribution >= 4 is 17.9 Å². The van der Waals surface area contributed by atoms with E-state index in [-0.39, 0.29) is 35.3 Å². The summed E-state index contributed by atoms with van der Waals surface area (Å²) in [5.74, 6) is -2.16. The summed E-state index contributed by atoms with van der Waals surface area (Å²) in [6, 6.07) is 6.66. The lowest BCUT2D eigenvalue weighted by Crippen LogP contribution is -2.41. The molecule has 188 valence electrons. The largest absolute Gasteiger partial charge is 0.451 e. The summed E-state index contributed by atoms with van der Waals surface area (Å²) >= 11 is 1.41. The first-order valence-electron chi connectivity index (χ1n) is 10.7. The Balaban J connectivity index is 0.00000176. The van der Waals surface area contributed by atoms with Crippen molar-refractivity contribution < 1.29 is 22.4 Å². The van der Waals surface area contributed by atoms with E-state index in [9.17, 15) is 22.4 Å². The number of aromatic nitrogens is 4. The van der Waals surface area contributed by atoms with Crippen molar-refractivity contribution in [3.63, 3.8) is 0 Å². The molecule has 7 nitrogen and oxygen atoms in total. The average Bonchev–Trinajstić information content (AvgIpc) is 3.24. The summed E-state index contributed by atoms with van der Waals surface area (Å²) in [4.78, 5) is 27.7. The van der Waals surface area contributed by atoms with E-state index >= 15 is 0 Å². The number of hydrogen-bond acceptors (Lipinski definition) is 7. The molecule has 4 rings (SSSR count). The maximum atomic E-state index is 14.3. The second kappa shape index (κ2) is 11.9. The van der Waals surface area contributed by atoms with Crippen molar-refractivity contribution in [2.24, 2.45) is 0 Å². The number of nitrogens with zero attached hydrogens (tertiary/aromatic N) is 5. The smallest absolute Gasteiger partial charge is 0.351 e. The number of alkyl halides is 3. The molecule has 3 aromatic rings. The first kappa shape index (κ1) is 27.0. The lowest BCUT2D eigenvalue weighted by Gasteiger charge is -2.25. The summed E-state index contributed by atoms with van der Waals surface area (Å²) in [6.45, 7) is 1.93. The molecule has 12 heteroatoms. The monoisotopic (exact) mass is 518 g/mol. The van der Waals surface area contributed by atoms with Gasteiger partial charge in [0.15, 0.2) is 0 Å². The number of pyridine rings is 2. The fourth-order valence-electron chi connectivity index (χ4n) is 3.55. The number of rotatable bonds is 6. The predicted octanol–water partition coefficient (Wildman–Crippen LogP) is 4.52. The summed E-state index contributed by atoms with van der Waals surface area (Å²) in [5.41, 5.74) is 0.539. The first-order valence-corrected chi connectivity index (χ1v) is 11.5. The van der Waals surface area contributed by atoms with E-state index in [2.05, 4.69) is 38.1 Å². The highest BCUT2D eigenvalue weighted by Gasteiger charge is 2.37. The molecule has 1 amide bonds. The van der Waals surface area contributed by atoms with E-state index in [0.717, 1.165) is 30.0 Å². The van der Waals surface area contributed by atoms with Gasteiger partial charge in [0.25, 0.3) is 0 Å². The standard InChI is InChI=1S/C22H20F4N6OS.C2H2/c1-13-5-6-18(32(13)34-19-4-2-3-7-27-19)20(33)29-9-14-8-17(28-12-16(14)23)15-10-30-21(31-11-15)22(24,25)26;1-2/h2-4,7-8,10-13,18H,5-6,9H2,1H3,(H,29,33);1-2H/t13-,18-;/m0./s1. The number of halogens is 4. The molecule has 0 radical (unpaired) electrons. The molecule has 1 N–H and O–H groups in total. The molecule has 0 aromatic carbocycles. The van der Waals surface area contributed by atoms with Crippen LogP contribution in [0, 0.1) is 18.7 Å². The Bertz CT molecular complexity index is 1190. The predicted molar refractivity (Wildman–Crippen MR) is 126 cm³/mol. The van der Waals surface area contributed by atoms with Crippen molar-refractivity contribution in [2.45, 2.75) is 49.6 Å². The molecule has 0 bridgehead atoms. The minimum Gasteiger partial charge on any atom is -0.351 e. The molecule has 1 aliphatic heterocycles. The molecule has 3 aromatic heterocycles. The van der Waals surface area contributed by atoms with Crippen LogP contribution in [-0.2, 0) is 17.5 Å². The van der Waals surface area contributed by atoms with E-state index in [1.807, 2.05) is 29.4 Å². The van der Waals surface area contributed by atoms with Crippen LogP contribution in [-0.4, -0.2) is 42.2 Å². The molecular formula is C24H22F4N6OS. The van der Waals surface area contributed by atoms with Crippen LogP contribution < -0.4 is 5.32 Å². The lowest BCUT2D eigenvalue weighted by atomic mass is 10.1. The van der Waals surface area contributed by atoms with Crippen molar-refractivity contribution in [1.29, 1.82) is 0 Å². The van der Waals surface area contributed by atoms with Crippen LogP contribution in [0.5, 0.6) is 0 Å². The highest BCUT2D eigenvalue weighted by atomic mass is 32.2. The molecule has 2 atom stereocenters. The van der Waals surface area contributed by atoms with Crippen LogP contribution >= 0.6 is 11.9 Å². The Hall–Kier alpha value is -3.56. The highest BCUT2D eigenvalue weighted by molar-refractivity contribution is 7.97. The Labute approximate surface area is 209 Å². The maximum absolute atomic E-state index is 14.3. The van der Waals surface area contributed by atoms with Gasteiger partial charge >= 0.3 is 6.18 Å². The van der Waals surface area contributed by atoms with Crippen molar-refractivity contribution in [3.8, 4) is 24.1 Å². The number of carbonyl (C=O) groups excluding carboxylic acids is 1. The Kier molecular flexibility index (Phi) is 8.95. The van der Waals surface area contributed by atoms with Crippen LogP contribution in [0.2, 0.25) is 0 Å². The molecule has 4 heterocycles. The van der Waals surface area contributed by atoms with Crippen LogP contribution in [0.3, 0.4) is 0 Å². The maximum Gasteiger partial charge on any atom is 0.451 e.